The maximum absolute atomic E-state index is 13.0. The van der Waals surface area contributed by atoms with Gasteiger partial charge in [0, 0.05) is 13.0 Å². The zero-order valence-electron chi connectivity index (χ0n) is 12.1. The van der Waals surface area contributed by atoms with Gasteiger partial charge in [-0.15, -0.1) is 5.10 Å². The minimum Gasteiger partial charge on any atom is -0.468 e. The van der Waals surface area contributed by atoms with Crippen molar-refractivity contribution in [3.05, 3.63) is 11.9 Å². The monoisotopic (exact) mass is 333 g/mol. The highest BCUT2D eigenvalue weighted by Gasteiger charge is 2.56. The average molecular weight is 333 g/mol. The highest BCUT2D eigenvalue weighted by atomic mass is 19.4. The fourth-order valence-electron chi connectivity index (χ4n) is 2.50. The summed E-state index contributed by atoms with van der Waals surface area (Å²) in [6.45, 7) is -0.591. The molecule has 0 saturated carbocycles. The number of nitrogen functional groups attached to an aromatic ring is 1. The van der Waals surface area contributed by atoms with E-state index in [1.165, 1.54) is 0 Å². The number of hydrogen-bond donors (Lipinski definition) is 2. The Hall–Kier alpha value is -2.46. The largest absolute Gasteiger partial charge is 0.468 e. The quantitative estimate of drug-likeness (QED) is 0.583. The number of alkyl halides is 3. The van der Waals surface area contributed by atoms with Gasteiger partial charge in [-0.05, 0) is 6.42 Å². The van der Waals surface area contributed by atoms with Crippen LogP contribution in [0.1, 0.15) is 12.1 Å². The second kappa shape index (κ2) is 5.97. The van der Waals surface area contributed by atoms with Crippen LogP contribution < -0.4 is 11.1 Å². The van der Waals surface area contributed by atoms with Gasteiger partial charge in [0.2, 0.25) is 11.9 Å². The topological polar surface area (TPSA) is 120 Å². The Morgan fingerprint density at radius 3 is 2.74 bits per heavy atom. The van der Waals surface area contributed by atoms with Gasteiger partial charge >= 0.3 is 12.1 Å². The van der Waals surface area contributed by atoms with E-state index in [2.05, 4.69) is 25.2 Å². The summed E-state index contributed by atoms with van der Waals surface area (Å²) in [5, 5.41) is 9.24. The van der Waals surface area contributed by atoms with Crippen molar-refractivity contribution >= 4 is 17.8 Å². The van der Waals surface area contributed by atoms with Gasteiger partial charge < -0.3 is 15.8 Å². The summed E-state index contributed by atoms with van der Waals surface area (Å²) in [4.78, 5) is 27.9. The van der Waals surface area contributed by atoms with Crippen LogP contribution >= 0.6 is 0 Å². The number of rotatable bonds is 3. The van der Waals surface area contributed by atoms with Gasteiger partial charge in [-0.25, -0.2) is 4.98 Å². The molecule has 23 heavy (non-hydrogen) atoms. The van der Waals surface area contributed by atoms with Crippen molar-refractivity contribution in [2.24, 2.45) is 11.3 Å². The molecule has 8 nitrogen and oxygen atoms in total. The highest BCUT2D eigenvalue weighted by Crippen LogP contribution is 2.41. The van der Waals surface area contributed by atoms with Crippen LogP contribution in [-0.4, -0.2) is 46.9 Å². The number of aromatic nitrogens is 3. The maximum Gasteiger partial charge on any atom is 0.393 e. The molecule has 2 heterocycles. The summed E-state index contributed by atoms with van der Waals surface area (Å²) in [5.74, 6) is -3.91. The number of nitrogens with two attached hydrogens (primary N) is 1. The average Bonchev–Trinajstić information content (AvgIpc) is 2.49. The number of halogens is 3. The van der Waals surface area contributed by atoms with E-state index in [9.17, 15) is 22.8 Å². The first-order valence-corrected chi connectivity index (χ1v) is 6.56. The van der Waals surface area contributed by atoms with Gasteiger partial charge in [-0.1, -0.05) is 0 Å². The molecule has 0 aromatic carbocycles. The molecule has 126 valence electrons. The molecule has 1 aliphatic heterocycles. The van der Waals surface area contributed by atoms with Gasteiger partial charge in [-0.3, -0.25) is 9.59 Å². The van der Waals surface area contributed by atoms with E-state index in [1.54, 1.807) is 0 Å². The zero-order valence-corrected chi connectivity index (χ0v) is 12.1. The first kappa shape index (κ1) is 16.9. The summed E-state index contributed by atoms with van der Waals surface area (Å²) in [6.07, 6.45) is -4.56. The molecule has 2 atom stereocenters. The Morgan fingerprint density at radius 1 is 1.52 bits per heavy atom. The molecule has 3 N–H and O–H groups in total. The second-order valence-electron chi connectivity index (χ2n) is 5.21. The van der Waals surface area contributed by atoms with Crippen molar-refractivity contribution in [1.29, 1.82) is 0 Å². The maximum atomic E-state index is 13.0. The standard InChI is InChI=1S/C12H14F3N5O3/c1-23-9(22)11(3-7-5-18-10(16)20-19-7)2-6(12(13,14)15)4-17-8(11)21/h5-6H,2-4H2,1H3,(H,17,21)(H2,16,18,20)/t6-,11-/m1/s1. The van der Waals surface area contributed by atoms with Crippen LogP contribution in [0.25, 0.3) is 0 Å². The lowest BCUT2D eigenvalue weighted by Crippen LogP contribution is -2.57. The van der Waals surface area contributed by atoms with Crippen molar-refractivity contribution in [2.75, 3.05) is 19.4 Å². The van der Waals surface area contributed by atoms with Crippen molar-refractivity contribution in [3.63, 3.8) is 0 Å². The third-order valence-corrected chi connectivity index (χ3v) is 3.69. The van der Waals surface area contributed by atoms with Crippen LogP contribution in [0.5, 0.6) is 0 Å². The molecule has 1 amide bonds. The Bertz CT molecular complexity index is 597. The molecule has 1 aliphatic rings. The number of anilines is 1. The molecule has 1 aromatic heterocycles. The Balaban J connectivity index is 2.38. The Kier molecular flexibility index (Phi) is 4.39. The lowest BCUT2D eigenvalue weighted by Gasteiger charge is -2.38. The molecule has 1 saturated heterocycles. The Labute approximate surface area is 128 Å². The molecule has 0 bridgehead atoms. The highest BCUT2D eigenvalue weighted by molar-refractivity contribution is 6.03. The van der Waals surface area contributed by atoms with Crippen molar-refractivity contribution in [1.82, 2.24) is 20.5 Å². The number of nitrogens with one attached hydrogen (secondary N) is 1. The van der Waals surface area contributed by atoms with E-state index in [0.717, 1.165) is 13.3 Å². The van der Waals surface area contributed by atoms with Crippen LogP contribution in [0.15, 0.2) is 6.20 Å². The number of piperidine rings is 1. The minimum atomic E-state index is -4.56. The van der Waals surface area contributed by atoms with Crippen LogP contribution in [0.3, 0.4) is 0 Å². The van der Waals surface area contributed by atoms with E-state index in [4.69, 9.17) is 5.73 Å². The lowest BCUT2D eigenvalue weighted by atomic mass is 9.72. The molecule has 0 unspecified atom stereocenters. The summed E-state index contributed by atoms with van der Waals surface area (Å²) < 4.78 is 43.6. The van der Waals surface area contributed by atoms with Crippen molar-refractivity contribution in [3.8, 4) is 0 Å². The zero-order chi connectivity index (χ0) is 17.3. The predicted octanol–water partition coefficient (Wildman–Crippen LogP) is -0.146. The molecule has 2 rings (SSSR count). The first-order valence-electron chi connectivity index (χ1n) is 6.56. The van der Waals surface area contributed by atoms with Gasteiger partial charge in [0.1, 0.15) is 0 Å². The fourth-order valence-corrected chi connectivity index (χ4v) is 2.50. The number of carbonyl (C=O) groups is 2. The van der Waals surface area contributed by atoms with Crippen LogP contribution in [0, 0.1) is 11.3 Å². The first-order chi connectivity index (χ1) is 10.7. The molecule has 0 spiro atoms. The minimum absolute atomic E-state index is 0.0579. The van der Waals surface area contributed by atoms with Crippen molar-refractivity contribution in [2.45, 2.75) is 19.0 Å². The molecule has 11 heteroatoms. The number of nitrogens with zero attached hydrogens (tertiary/aromatic N) is 3. The summed E-state index contributed by atoms with van der Waals surface area (Å²) in [7, 11) is 1.00. The molecular weight excluding hydrogens is 319 g/mol. The van der Waals surface area contributed by atoms with Crippen LogP contribution in [0.4, 0.5) is 19.1 Å². The van der Waals surface area contributed by atoms with Gasteiger partial charge in [0.05, 0.1) is 24.9 Å². The van der Waals surface area contributed by atoms with Gasteiger partial charge in [0.25, 0.3) is 0 Å². The third kappa shape index (κ3) is 3.32. The molecular formula is C12H14F3N5O3. The second-order valence-corrected chi connectivity index (χ2v) is 5.21. The number of carbonyl (C=O) groups excluding carboxylic acids is 2. The van der Waals surface area contributed by atoms with E-state index in [1.807, 2.05) is 0 Å². The number of esters is 1. The number of amides is 1. The van der Waals surface area contributed by atoms with Crippen LogP contribution in [-0.2, 0) is 20.7 Å². The lowest BCUT2D eigenvalue weighted by molar-refractivity contribution is -0.195. The molecule has 0 radical (unpaired) electrons. The third-order valence-electron chi connectivity index (χ3n) is 3.69. The van der Waals surface area contributed by atoms with Crippen LogP contribution in [0.2, 0.25) is 0 Å². The summed E-state index contributed by atoms with van der Waals surface area (Å²) in [5.41, 5.74) is 3.30. The molecule has 1 aromatic rings. The van der Waals surface area contributed by atoms with E-state index in [-0.39, 0.29) is 11.6 Å². The van der Waals surface area contributed by atoms with E-state index in [0.29, 0.717) is 0 Å². The summed E-state index contributed by atoms with van der Waals surface area (Å²) >= 11 is 0. The summed E-state index contributed by atoms with van der Waals surface area (Å²) in [6, 6.07) is 0. The molecule has 1 fully saturated rings. The van der Waals surface area contributed by atoms with Gasteiger partial charge in [0.15, 0.2) is 5.41 Å². The molecule has 0 aliphatic carbocycles. The normalized spacial score (nSPS) is 24.9. The Morgan fingerprint density at radius 2 is 2.22 bits per heavy atom. The predicted molar refractivity (Wildman–Crippen MR) is 69.6 cm³/mol. The smallest absolute Gasteiger partial charge is 0.393 e. The van der Waals surface area contributed by atoms with Gasteiger partial charge in [-0.2, -0.15) is 18.3 Å². The SMILES string of the molecule is COC(=O)[C@@]1(Cc2cnc(N)nn2)C[C@@H](C(F)(F)F)CNC1=O. The number of ether oxygens (including phenoxy) is 1. The fraction of sp³-hybridized carbons (Fsp3) is 0.583. The van der Waals surface area contributed by atoms with Crippen molar-refractivity contribution < 1.29 is 27.5 Å². The van der Waals surface area contributed by atoms with E-state index >= 15 is 0 Å². The van der Waals surface area contributed by atoms with E-state index < -0.39 is 48.8 Å². The number of methoxy groups -OCH3 is 1. The number of hydrogen-bond acceptors (Lipinski definition) is 7.